The first-order valence-corrected chi connectivity index (χ1v) is 2.23. The smallest absolute Gasteiger partial charge is 0.101 e. The molecule has 2 unspecified atom stereocenters. The van der Waals surface area contributed by atoms with Gasteiger partial charge >= 0.3 is 0 Å². The predicted octanol–water partition coefficient (Wildman–Crippen LogP) is -0.589. The SMILES string of the molecule is C1=NC1C1CN1. The van der Waals surface area contributed by atoms with Crippen LogP contribution in [0.2, 0.25) is 0 Å². The maximum Gasteiger partial charge on any atom is 0.101 e. The fraction of sp³-hybridized carbons (Fsp3) is 0.750. The Morgan fingerprint density at radius 1 is 1.83 bits per heavy atom. The van der Waals surface area contributed by atoms with E-state index in [0.29, 0.717) is 6.04 Å². The van der Waals surface area contributed by atoms with E-state index in [1.165, 1.54) is 6.54 Å². The van der Waals surface area contributed by atoms with Crippen LogP contribution < -0.4 is 5.32 Å². The summed E-state index contributed by atoms with van der Waals surface area (Å²) < 4.78 is 0. The highest BCUT2D eigenvalue weighted by Crippen LogP contribution is 2.13. The van der Waals surface area contributed by atoms with Crippen molar-refractivity contribution in [3.63, 3.8) is 0 Å². The van der Waals surface area contributed by atoms with Gasteiger partial charge in [-0.3, -0.25) is 4.99 Å². The summed E-state index contributed by atoms with van der Waals surface area (Å²) in [6.45, 7) is 1.19. The van der Waals surface area contributed by atoms with Crippen LogP contribution in [0.25, 0.3) is 0 Å². The third-order valence-electron chi connectivity index (χ3n) is 1.17. The summed E-state index contributed by atoms with van der Waals surface area (Å²) in [7, 11) is 0. The van der Waals surface area contributed by atoms with Crippen molar-refractivity contribution in [2.75, 3.05) is 6.54 Å². The topological polar surface area (TPSA) is 34.3 Å². The molecule has 2 heteroatoms. The monoisotopic (exact) mass is 82.1 g/mol. The maximum absolute atomic E-state index is 3.98. The van der Waals surface area contributed by atoms with Crippen LogP contribution in [0.3, 0.4) is 0 Å². The fourth-order valence-corrected chi connectivity index (χ4v) is 0.567. The van der Waals surface area contributed by atoms with Gasteiger partial charge in [0.25, 0.3) is 0 Å². The highest BCUT2D eigenvalue weighted by atomic mass is 15.2. The zero-order valence-corrected chi connectivity index (χ0v) is 3.39. The Hall–Kier alpha value is -0.370. The molecule has 1 saturated heterocycles. The largest absolute Gasteiger partial charge is 0.309 e. The van der Waals surface area contributed by atoms with Crippen molar-refractivity contribution in [2.24, 2.45) is 4.99 Å². The Labute approximate surface area is 36.3 Å². The molecule has 6 heavy (non-hydrogen) atoms. The molecule has 2 aliphatic heterocycles. The van der Waals surface area contributed by atoms with Crippen molar-refractivity contribution in [1.29, 1.82) is 0 Å². The lowest BCUT2D eigenvalue weighted by Gasteiger charge is -1.75. The van der Waals surface area contributed by atoms with Gasteiger partial charge in [0.15, 0.2) is 0 Å². The Morgan fingerprint density at radius 2 is 2.50 bits per heavy atom. The zero-order chi connectivity index (χ0) is 3.98. The molecule has 32 valence electrons. The van der Waals surface area contributed by atoms with Crippen molar-refractivity contribution in [2.45, 2.75) is 12.1 Å². The van der Waals surface area contributed by atoms with Crippen molar-refractivity contribution in [1.82, 2.24) is 5.32 Å². The van der Waals surface area contributed by atoms with E-state index in [1.807, 2.05) is 6.21 Å². The molecule has 0 aliphatic carbocycles. The van der Waals surface area contributed by atoms with Gasteiger partial charge in [-0.2, -0.15) is 0 Å². The molecular formula is C4H6N2. The summed E-state index contributed by atoms with van der Waals surface area (Å²) in [5, 5.41) is 3.17. The minimum atomic E-state index is 0.602. The average molecular weight is 82.1 g/mol. The standard InChI is InChI=1S/C4H6N2/c1-3(5-1)4-2-6-4/h1,3-4,6H,2H2. The van der Waals surface area contributed by atoms with Gasteiger partial charge in [0, 0.05) is 18.8 Å². The van der Waals surface area contributed by atoms with Gasteiger partial charge in [-0.15, -0.1) is 0 Å². The maximum atomic E-state index is 3.98. The van der Waals surface area contributed by atoms with E-state index in [4.69, 9.17) is 0 Å². The Balaban J connectivity index is 1.94. The molecular weight excluding hydrogens is 76.1 g/mol. The summed E-state index contributed by atoms with van der Waals surface area (Å²) >= 11 is 0. The van der Waals surface area contributed by atoms with E-state index in [2.05, 4.69) is 10.3 Å². The Morgan fingerprint density at radius 3 is 2.67 bits per heavy atom. The van der Waals surface area contributed by atoms with Crippen molar-refractivity contribution >= 4 is 6.21 Å². The lowest BCUT2D eigenvalue weighted by atomic mass is 10.3. The number of hydrogen-bond donors (Lipinski definition) is 1. The number of nitrogens with zero attached hydrogens (tertiary/aromatic N) is 1. The predicted molar refractivity (Wildman–Crippen MR) is 24.1 cm³/mol. The lowest BCUT2D eigenvalue weighted by Crippen LogP contribution is -2.00. The van der Waals surface area contributed by atoms with E-state index in [9.17, 15) is 0 Å². The van der Waals surface area contributed by atoms with Gasteiger partial charge in [-0.05, 0) is 0 Å². The van der Waals surface area contributed by atoms with Gasteiger partial charge < -0.3 is 5.32 Å². The number of aliphatic imine (C=N–C) groups is 1. The summed E-state index contributed by atoms with van der Waals surface area (Å²) in [4.78, 5) is 3.98. The number of rotatable bonds is 1. The minimum absolute atomic E-state index is 0.602. The van der Waals surface area contributed by atoms with E-state index >= 15 is 0 Å². The molecule has 0 amide bonds. The number of nitrogens with one attached hydrogen (secondary N) is 1. The van der Waals surface area contributed by atoms with Crippen LogP contribution in [0.15, 0.2) is 4.99 Å². The second-order valence-corrected chi connectivity index (χ2v) is 1.80. The quantitative estimate of drug-likeness (QED) is 0.421. The van der Waals surface area contributed by atoms with Gasteiger partial charge in [-0.25, -0.2) is 0 Å². The summed E-state index contributed by atoms with van der Waals surface area (Å²) in [5.41, 5.74) is 0. The van der Waals surface area contributed by atoms with Crippen LogP contribution in [-0.4, -0.2) is 24.8 Å². The second-order valence-electron chi connectivity index (χ2n) is 1.80. The molecule has 2 aliphatic rings. The van der Waals surface area contributed by atoms with Gasteiger partial charge in [0.05, 0.1) is 0 Å². The zero-order valence-electron chi connectivity index (χ0n) is 3.39. The molecule has 0 bridgehead atoms. The molecule has 1 N–H and O–H groups in total. The summed E-state index contributed by atoms with van der Waals surface area (Å²) in [6.07, 6.45) is 1.99. The number of hydrogen-bond acceptors (Lipinski definition) is 2. The molecule has 1 fully saturated rings. The molecule has 0 saturated carbocycles. The average Bonchev–Trinajstić information content (AvgIpc) is 2.26. The van der Waals surface area contributed by atoms with E-state index in [-0.39, 0.29) is 0 Å². The highest BCUT2D eigenvalue weighted by molar-refractivity contribution is 5.79. The lowest BCUT2D eigenvalue weighted by molar-refractivity contribution is 0.936. The van der Waals surface area contributed by atoms with Gasteiger partial charge in [0.1, 0.15) is 6.04 Å². The van der Waals surface area contributed by atoms with Crippen LogP contribution in [0.4, 0.5) is 0 Å². The van der Waals surface area contributed by atoms with Crippen LogP contribution in [0.5, 0.6) is 0 Å². The third-order valence-corrected chi connectivity index (χ3v) is 1.17. The van der Waals surface area contributed by atoms with Crippen molar-refractivity contribution in [3.8, 4) is 0 Å². The van der Waals surface area contributed by atoms with E-state index in [0.717, 1.165) is 6.04 Å². The van der Waals surface area contributed by atoms with E-state index in [1.54, 1.807) is 0 Å². The highest BCUT2D eigenvalue weighted by Gasteiger charge is 2.33. The fourth-order valence-electron chi connectivity index (χ4n) is 0.567. The van der Waals surface area contributed by atoms with Crippen LogP contribution in [0.1, 0.15) is 0 Å². The molecule has 0 spiro atoms. The molecule has 0 aromatic carbocycles. The minimum Gasteiger partial charge on any atom is -0.309 e. The van der Waals surface area contributed by atoms with Crippen LogP contribution in [-0.2, 0) is 0 Å². The van der Waals surface area contributed by atoms with Crippen molar-refractivity contribution in [3.05, 3.63) is 0 Å². The van der Waals surface area contributed by atoms with Crippen LogP contribution in [0, 0.1) is 0 Å². The molecule has 0 aromatic rings. The summed E-state index contributed by atoms with van der Waals surface area (Å²) in [6, 6.07) is 1.34. The summed E-state index contributed by atoms with van der Waals surface area (Å²) in [5.74, 6) is 0. The normalized spacial score (nSPS) is 49.3. The first kappa shape index (κ1) is 2.75. The van der Waals surface area contributed by atoms with Crippen LogP contribution >= 0.6 is 0 Å². The third kappa shape index (κ3) is 0.271. The molecule has 0 aromatic heterocycles. The van der Waals surface area contributed by atoms with Crippen molar-refractivity contribution < 1.29 is 0 Å². The molecule has 0 radical (unpaired) electrons. The van der Waals surface area contributed by atoms with E-state index < -0.39 is 0 Å². The first-order chi connectivity index (χ1) is 2.97. The van der Waals surface area contributed by atoms with Gasteiger partial charge in [0.2, 0.25) is 0 Å². The second kappa shape index (κ2) is 0.658. The first-order valence-electron chi connectivity index (χ1n) is 2.23. The molecule has 2 atom stereocenters. The molecule has 2 heterocycles. The Kier molecular flexibility index (Phi) is 0.301. The van der Waals surface area contributed by atoms with Gasteiger partial charge in [-0.1, -0.05) is 0 Å². The molecule has 2 rings (SSSR count). The molecule has 2 nitrogen and oxygen atoms in total. The Bertz CT molecular complexity index is 87.7.